The molecule has 0 aliphatic heterocycles. The number of fused-ring (bicyclic) bond motifs is 1. The van der Waals surface area contributed by atoms with Crippen LogP contribution in [0.1, 0.15) is 18.2 Å². The maximum Gasteiger partial charge on any atom is 0.230 e. The van der Waals surface area contributed by atoms with E-state index in [1.54, 1.807) is 30.0 Å². The van der Waals surface area contributed by atoms with Gasteiger partial charge in [-0.2, -0.15) is 5.10 Å². The van der Waals surface area contributed by atoms with Gasteiger partial charge in [0.15, 0.2) is 17.1 Å². The molecule has 0 unspecified atom stereocenters. The topological polar surface area (TPSA) is 77.8 Å². The summed E-state index contributed by atoms with van der Waals surface area (Å²) in [6.07, 6.45) is 1.71. The highest BCUT2D eigenvalue weighted by Crippen LogP contribution is 2.29. The number of carbonyl (C=O) groups excluding carboxylic acids is 1. The van der Waals surface area contributed by atoms with Crippen LogP contribution in [0.15, 0.2) is 59.8 Å². The predicted octanol–water partition coefficient (Wildman–Crippen LogP) is 4.66. The normalized spacial score (nSPS) is 10.9. The Morgan fingerprint density at radius 1 is 1.15 bits per heavy atom. The zero-order valence-electron chi connectivity index (χ0n) is 19.2. The molecule has 0 bridgehead atoms. The molecular formula is C25H25FN4O3S. The Morgan fingerprint density at radius 2 is 1.94 bits per heavy atom. The van der Waals surface area contributed by atoms with Crippen LogP contribution in [0.4, 0.5) is 4.39 Å². The number of hydrogen-bond acceptors (Lipinski definition) is 6. The highest BCUT2D eigenvalue weighted by atomic mass is 32.2. The van der Waals surface area contributed by atoms with Crippen molar-refractivity contribution in [2.75, 3.05) is 19.5 Å². The van der Waals surface area contributed by atoms with Crippen molar-refractivity contribution in [2.24, 2.45) is 0 Å². The fourth-order valence-electron chi connectivity index (χ4n) is 3.47. The van der Waals surface area contributed by atoms with Gasteiger partial charge in [0, 0.05) is 17.8 Å². The van der Waals surface area contributed by atoms with Crippen LogP contribution in [0.3, 0.4) is 0 Å². The second-order valence-corrected chi connectivity index (χ2v) is 8.52. The first-order valence-corrected chi connectivity index (χ1v) is 11.8. The summed E-state index contributed by atoms with van der Waals surface area (Å²) in [6.45, 7) is 4.73. The summed E-state index contributed by atoms with van der Waals surface area (Å²) < 4.78 is 25.9. The minimum atomic E-state index is -0.296. The number of amides is 1. The molecule has 0 radical (unpaired) electrons. The maximum absolute atomic E-state index is 13.3. The highest BCUT2D eigenvalue weighted by molar-refractivity contribution is 7.99. The third-order valence-corrected chi connectivity index (χ3v) is 6.08. The van der Waals surface area contributed by atoms with Crippen LogP contribution in [-0.4, -0.2) is 40.0 Å². The Hall–Kier alpha value is -3.59. The number of rotatable bonds is 9. The van der Waals surface area contributed by atoms with Gasteiger partial charge in [0.25, 0.3) is 0 Å². The molecule has 34 heavy (non-hydrogen) atoms. The van der Waals surface area contributed by atoms with E-state index in [-0.39, 0.29) is 17.5 Å². The second-order valence-electron chi connectivity index (χ2n) is 7.52. The van der Waals surface area contributed by atoms with E-state index in [0.717, 1.165) is 27.4 Å². The van der Waals surface area contributed by atoms with Crippen molar-refractivity contribution in [1.29, 1.82) is 0 Å². The number of aromatic nitrogens is 3. The Morgan fingerprint density at radius 3 is 2.68 bits per heavy atom. The Kier molecular flexibility index (Phi) is 7.32. The molecule has 0 atom stereocenters. The predicted molar refractivity (Wildman–Crippen MR) is 130 cm³/mol. The minimum Gasteiger partial charge on any atom is -0.493 e. The molecule has 0 saturated carbocycles. The molecule has 0 aliphatic rings. The van der Waals surface area contributed by atoms with Crippen LogP contribution in [0.5, 0.6) is 11.5 Å². The van der Waals surface area contributed by atoms with Crippen LogP contribution < -0.4 is 14.8 Å². The fourth-order valence-corrected chi connectivity index (χ4v) is 4.36. The summed E-state index contributed by atoms with van der Waals surface area (Å²) in [5.74, 6) is 1.13. The average Bonchev–Trinajstić information content (AvgIpc) is 3.26. The van der Waals surface area contributed by atoms with Gasteiger partial charge >= 0.3 is 0 Å². The Labute approximate surface area is 201 Å². The molecule has 7 nitrogen and oxygen atoms in total. The number of nitrogens with one attached hydrogen (secondary N) is 1. The summed E-state index contributed by atoms with van der Waals surface area (Å²) in [7, 11) is 1.59. The zero-order valence-corrected chi connectivity index (χ0v) is 20.0. The lowest BCUT2D eigenvalue weighted by Crippen LogP contribution is -2.24. The number of thioether (sulfide) groups is 1. The first kappa shape index (κ1) is 23.6. The number of carbonyl (C=O) groups is 1. The van der Waals surface area contributed by atoms with Crippen LogP contribution in [0, 0.1) is 12.7 Å². The Balaban J connectivity index is 1.43. The summed E-state index contributed by atoms with van der Waals surface area (Å²) in [5.41, 5.74) is 4.02. The van der Waals surface area contributed by atoms with Crippen molar-refractivity contribution in [2.45, 2.75) is 25.4 Å². The molecule has 0 spiro atoms. The molecule has 9 heteroatoms. The highest BCUT2D eigenvalue weighted by Gasteiger charge is 2.14. The third-order valence-electron chi connectivity index (χ3n) is 5.09. The van der Waals surface area contributed by atoms with Gasteiger partial charge in [-0.15, -0.1) is 0 Å². The van der Waals surface area contributed by atoms with Crippen molar-refractivity contribution >= 4 is 23.3 Å². The fraction of sp³-hybridized carbons (Fsp3) is 0.240. The molecule has 4 aromatic rings. The van der Waals surface area contributed by atoms with Crippen LogP contribution in [0.25, 0.3) is 16.8 Å². The van der Waals surface area contributed by atoms with Crippen molar-refractivity contribution in [1.82, 2.24) is 19.9 Å². The van der Waals surface area contributed by atoms with E-state index in [1.807, 2.05) is 38.1 Å². The van der Waals surface area contributed by atoms with Crippen LogP contribution in [0.2, 0.25) is 0 Å². The second kappa shape index (κ2) is 10.6. The summed E-state index contributed by atoms with van der Waals surface area (Å²) in [6, 6.07) is 13.7. The van der Waals surface area contributed by atoms with Gasteiger partial charge in [0.1, 0.15) is 10.8 Å². The number of ether oxygens (including phenoxy) is 2. The number of nitrogens with zero attached hydrogens (tertiary/aromatic N) is 3. The lowest BCUT2D eigenvalue weighted by atomic mass is 10.1. The third kappa shape index (κ3) is 5.31. The molecule has 1 N–H and O–H groups in total. The lowest BCUT2D eigenvalue weighted by Gasteiger charge is -2.12. The monoisotopic (exact) mass is 480 g/mol. The van der Waals surface area contributed by atoms with Gasteiger partial charge in [-0.3, -0.25) is 4.79 Å². The molecule has 2 aromatic carbocycles. The van der Waals surface area contributed by atoms with Crippen molar-refractivity contribution in [3.8, 4) is 22.6 Å². The van der Waals surface area contributed by atoms with Crippen molar-refractivity contribution < 1.29 is 18.7 Å². The lowest BCUT2D eigenvalue weighted by molar-refractivity contribution is -0.118. The standard InChI is InChI=1S/C25H25FN4O3S/c1-4-33-21-10-5-17(12-22(21)32-3)13-27-23(31)15-34-24-11-16(2)29-25-20(14-28-30(24)25)18-6-8-19(26)9-7-18/h5-12,14H,4,13,15H2,1-3H3,(H,27,31). The zero-order chi connectivity index (χ0) is 24.1. The SMILES string of the molecule is CCOc1ccc(CNC(=O)CSc2cc(C)nc3c(-c4ccc(F)cc4)cnn23)cc1OC. The molecular weight excluding hydrogens is 455 g/mol. The van der Waals surface area contributed by atoms with E-state index < -0.39 is 0 Å². The van der Waals surface area contributed by atoms with E-state index in [2.05, 4.69) is 15.4 Å². The van der Waals surface area contributed by atoms with E-state index >= 15 is 0 Å². The molecule has 0 fully saturated rings. The van der Waals surface area contributed by atoms with E-state index in [9.17, 15) is 9.18 Å². The number of methoxy groups -OCH3 is 1. The minimum absolute atomic E-state index is 0.105. The quantitative estimate of drug-likeness (QED) is 0.277. The van der Waals surface area contributed by atoms with E-state index in [0.29, 0.717) is 30.3 Å². The summed E-state index contributed by atoms with van der Waals surface area (Å²) >= 11 is 1.38. The number of benzene rings is 2. The Bertz CT molecular complexity index is 1310. The summed E-state index contributed by atoms with van der Waals surface area (Å²) in [4.78, 5) is 17.1. The van der Waals surface area contributed by atoms with Gasteiger partial charge in [0.2, 0.25) is 5.91 Å². The van der Waals surface area contributed by atoms with Gasteiger partial charge in [-0.1, -0.05) is 30.0 Å². The molecule has 1 amide bonds. The first-order valence-electron chi connectivity index (χ1n) is 10.8. The number of aryl methyl sites for hydroxylation is 1. The van der Waals surface area contributed by atoms with Crippen molar-refractivity contribution in [3.63, 3.8) is 0 Å². The van der Waals surface area contributed by atoms with Gasteiger partial charge in [-0.25, -0.2) is 13.9 Å². The largest absolute Gasteiger partial charge is 0.493 e. The van der Waals surface area contributed by atoms with Gasteiger partial charge < -0.3 is 14.8 Å². The van der Waals surface area contributed by atoms with E-state index in [1.165, 1.54) is 23.9 Å². The number of hydrogen-bond donors (Lipinski definition) is 1. The molecule has 2 heterocycles. The van der Waals surface area contributed by atoms with Crippen LogP contribution in [-0.2, 0) is 11.3 Å². The molecule has 176 valence electrons. The molecule has 0 aliphatic carbocycles. The average molecular weight is 481 g/mol. The van der Waals surface area contributed by atoms with E-state index in [4.69, 9.17) is 9.47 Å². The summed E-state index contributed by atoms with van der Waals surface area (Å²) in [5, 5.41) is 8.19. The molecule has 0 saturated heterocycles. The van der Waals surface area contributed by atoms with Crippen molar-refractivity contribution in [3.05, 3.63) is 71.8 Å². The number of halogens is 1. The maximum atomic E-state index is 13.3. The van der Waals surface area contributed by atoms with Gasteiger partial charge in [-0.05, 0) is 55.3 Å². The van der Waals surface area contributed by atoms with Crippen LogP contribution >= 0.6 is 11.8 Å². The smallest absolute Gasteiger partial charge is 0.230 e. The molecule has 4 rings (SSSR count). The molecule has 2 aromatic heterocycles. The first-order chi connectivity index (χ1) is 16.5. The van der Waals surface area contributed by atoms with Gasteiger partial charge in [0.05, 0.1) is 25.7 Å².